The third-order valence-corrected chi connectivity index (χ3v) is 3.77. The van der Waals surface area contributed by atoms with E-state index in [1.165, 1.54) is 12.1 Å². The second-order valence-corrected chi connectivity index (χ2v) is 5.29. The molecular formula is C15H16F3N3. The summed E-state index contributed by atoms with van der Waals surface area (Å²) in [7, 11) is 0. The molecule has 6 heteroatoms. The van der Waals surface area contributed by atoms with Crippen molar-refractivity contribution < 1.29 is 13.2 Å². The number of nitrogens with one attached hydrogen (secondary N) is 1. The molecule has 0 aliphatic carbocycles. The lowest BCUT2D eigenvalue weighted by molar-refractivity contribution is -0.137. The van der Waals surface area contributed by atoms with Crippen LogP contribution in [0.3, 0.4) is 0 Å². The third-order valence-electron chi connectivity index (χ3n) is 3.77. The Hall–Kier alpha value is -1.82. The number of hydrogen-bond donors (Lipinski definition) is 1. The van der Waals surface area contributed by atoms with Crippen molar-refractivity contribution >= 4 is 0 Å². The van der Waals surface area contributed by atoms with E-state index in [2.05, 4.69) is 10.3 Å². The third kappa shape index (κ3) is 3.10. The summed E-state index contributed by atoms with van der Waals surface area (Å²) in [5.74, 6) is 0. The summed E-state index contributed by atoms with van der Waals surface area (Å²) in [4.78, 5) is 4.13. The van der Waals surface area contributed by atoms with Crippen molar-refractivity contribution in [1.82, 2.24) is 14.9 Å². The molecule has 0 bridgehead atoms. The minimum absolute atomic E-state index is 0.248. The minimum atomic E-state index is -4.30. The first-order valence-electron chi connectivity index (χ1n) is 6.93. The summed E-state index contributed by atoms with van der Waals surface area (Å²) in [6.45, 7) is 1.37. The molecule has 21 heavy (non-hydrogen) atoms. The van der Waals surface area contributed by atoms with E-state index in [-0.39, 0.29) is 6.04 Å². The maximum Gasteiger partial charge on any atom is 0.416 e. The summed E-state index contributed by atoms with van der Waals surface area (Å²) in [6.07, 6.45) is 1.31. The molecule has 1 fully saturated rings. The van der Waals surface area contributed by atoms with Gasteiger partial charge in [-0.15, -0.1) is 0 Å². The van der Waals surface area contributed by atoms with Crippen LogP contribution in [0.1, 0.15) is 35.7 Å². The van der Waals surface area contributed by atoms with Crippen LogP contribution in [0.25, 0.3) is 0 Å². The van der Waals surface area contributed by atoms with Crippen LogP contribution in [-0.4, -0.2) is 16.1 Å². The van der Waals surface area contributed by atoms with Crippen LogP contribution in [0.4, 0.5) is 13.2 Å². The van der Waals surface area contributed by atoms with E-state index in [0.29, 0.717) is 12.1 Å². The van der Waals surface area contributed by atoms with Gasteiger partial charge in [-0.3, -0.25) is 0 Å². The number of halogens is 3. The van der Waals surface area contributed by atoms with Crippen LogP contribution >= 0.6 is 0 Å². The van der Waals surface area contributed by atoms with E-state index in [0.717, 1.165) is 31.1 Å². The Labute approximate surface area is 120 Å². The van der Waals surface area contributed by atoms with Crippen molar-refractivity contribution in [3.05, 3.63) is 53.6 Å². The Bertz CT molecular complexity index is 613. The molecule has 1 aliphatic rings. The fraction of sp³-hybridized carbons (Fsp3) is 0.400. The monoisotopic (exact) mass is 295 g/mol. The maximum atomic E-state index is 12.7. The molecule has 1 N–H and O–H groups in total. The molecule has 1 atom stereocenters. The second-order valence-electron chi connectivity index (χ2n) is 5.29. The molecule has 2 heterocycles. The topological polar surface area (TPSA) is 29.9 Å². The highest BCUT2D eigenvalue weighted by Gasteiger charge is 2.30. The zero-order valence-corrected chi connectivity index (χ0v) is 11.4. The molecule has 0 unspecified atom stereocenters. The smallest absolute Gasteiger partial charge is 0.329 e. The molecule has 112 valence electrons. The lowest BCUT2D eigenvalue weighted by Gasteiger charge is -2.15. The fourth-order valence-electron chi connectivity index (χ4n) is 2.73. The fourth-order valence-corrected chi connectivity index (χ4v) is 2.73. The Morgan fingerprint density at radius 2 is 2.19 bits per heavy atom. The molecule has 0 amide bonds. The molecule has 1 aromatic heterocycles. The standard InChI is InChI=1S/C15H16F3N3/c16-15(17,18)12-4-1-3-11(7-12)9-21-10-19-8-14(21)13-5-2-6-20-13/h1,3-4,7-8,10,13,20H,2,5-6,9H2/t13-/m0/s1. The van der Waals surface area contributed by atoms with Gasteiger partial charge in [0, 0.05) is 18.8 Å². The van der Waals surface area contributed by atoms with Crippen LogP contribution in [-0.2, 0) is 12.7 Å². The normalized spacial score (nSPS) is 19.1. The highest BCUT2D eigenvalue weighted by atomic mass is 19.4. The van der Waals surface area contributed by atoms with Crippen LogP contribution in [0, 0.1) is 0 Å². The van der Waals surface area contributed by atoms with E-state index < -0.39 is 11.7 Å². The summed E-state index contributed by atoms with van der Waals surface area (Å²) >= 11 is 0. The number of benzene rings is 1. The minimum Gasteiger partial charge on any atom is -0.329 e. The van der Waals surface area contributed by atoms with Crippen LogP contribution in [0.2, 0.25) is 0 Å². The zero-order valence-electron chi connectivity index (χ0n) is 11.4. The van der Waals surface area contributed by atoms with Gasteiger partial charge >= 0.3 is 6.18 Å². The molecule has 1 aliphatic heterocycles. The van der Waals surface area contributed by atoms with Crippen LogP contribution in [0.5, 0.6) is 0 Å². The SMILES string of the molecule is FC(F)(F)c1cccc(Cn2cncc2[C@@H]2CCCN2)c1. The van der Waals surface area contributed by atoms with Gasteiger partial charge in [-0.2, -0.15) is 13.2 Å². The molecule has 3 rings (SSSR count). The van der Waals surface area contributed by atoms with Gasteiger partial charge in [0.25, 0.3) is 0 Å². The van der Waals surface area contributed by atoms with Gasteiger partial charge in [-0.1, -0.05) is 12.1 Å². The van der Waals surface area contributed by atoms with Crippen molar-refractivity contribution in [2.45, 2.75) is 31.6 Å². The highest BCUT2D eigenvalue weighted by Crippen LogP contribution is 2.30. The van der Waals surface area contributed by atoms with Gasteiger partial charge in [0.15, 0.2) is 0 Å². The van der Waals surface area contributed by atoms with Crippen molar-refractivity contribution in [2.24, 2.45) is 0 Å². The molecule has 2 aromatic rings. The Kier molecular flexibility index (Phi) is 3.71. The van der Waals surface area contributed by atoms with Gasteiger partial charge in [-0.25, -0.2) is 4.98 Å². The Balaban J connectivity index is 1.83. The van der Waals surface area contributed by atoms with Crippen molar-refractivity contribution in [3.8, 4) is 0 Å². The summed E-state index contributed by atoms with van der Waals surface area (Å²) in [5.41, 5.74) is 1.05. The van der Waals surface area contributed by atoms with E-state index >= 15 is 0 Å². The Morgan fingerprint density at radius 3 is 2.90 bits per heavy atom. The first-order chi connectivity index (χ1) is 10.0. The zero-order chi connectivity index (χ0) is 14.9. The number of imidazole rings is 1. The number of hydrogen-bond acceptors (Lipinski definition) is 2. The van der Waals surface area contributed by atoms with E-state index in [1.807, 2.05) is 4.57 Å². The van der Waals surface area contributed by atoms with Crippen molar-refractivity contribution in [3.63, 3.8) is 0 Å². The first-order valence-corrected chi connectivity index (χ1v) is 6.93. The second kappa shape index (κ2) is 5.52. The molecule has 0 radical (unpaired) electrons. The van der Waals surface area contributed by atoms with Gasteiger partial charge in [0.05, 0.1) is 17.6 Å². The average molecular weight is 295 g/mol. The van der Waals surface area contributed by atoms with E-state index in [4.69, 9.17) is 0 Å². The largest absolute Gasteiger partial charge is 0.416 e. The van der Waals surface area contributed by atoms with Gasteiger partial charge < -0.3 is 9.88 Å². The van der Waals surface area contributed by atoms with Crippen LogP contribution < -0.4 is 5.32 Å². The molecular weight excluding hydrogens is 279 g/mol. The average Bonchev–Trinajstić information content (AvgIpc) is 3.08. The molecule has 1 aromatic carbocycles. The molecule has 3 nitrogen and oxygen atoms in total. The summed E-state index contributed by atoms with van der Waals surface area (Å²) in [5, 5.41) is 3.38. The predicted octanol–water partition coefficient (Wildman–Crippen LogP) is 3.37. The van der Waals surface area contributed by atoms with Gasteiger partial charge in [0.1, 0.15) is 0 Å². The number of nitrogens with zero attached hydrogens (tertiary/aromatic N) is 2. The first kappa shape index (κ1) is 14.1. The van der Waals surface area contributed by atoms with E-state index in [1.54, 1.807) is 18.6 Å². The highest BCUT2D eigenvalue weighted by molar-refractivity contribution is 5.26. The quantitative estimate of drug-likeness (QED) is 0.941. The van der Waals surface area contributed by atoms with Gasteiger partial charge in [-0.05, 0) is 37.1 Å². The van der Waals surface area contributed by atoms with E-state index in [9.17, 15) is 13.2 Å². The van der Waals surface area contributed by atoms with Crippen molar-refractivity contribution in [2.75, 3.05) is 6.54 Å². The molecule has 0 spiro atoms. The lowest BCUT2D eigenvalue weighted by Crippen LogP contribution is -2.17. The lowest BCUT2D eigenvalue weighted by atomic mass is 10.1. The van der Waals surface area contributed by atoms with Crippen LogP contribution in [0.15, 0.2) is 36.8 Å². The summed E-state index contributed by atoms with van der Waals surface area (Å²) in [6, 6.07) is 5.70. The number of aromatic nitrogens is 2. The molecule has 1 saturated heterocycles. The number of alkyl halides is 3. The maximum absolute atomic E-state index is 12.7. The summed E-state index contributed by atoms with van der Waals surface area (Å²) < 4.78 is 40.1. The van der Waals surface area contributed by atoms with Crippen molar-refractivity contribution in [1.29, 1.82) is 0 Å². The number of rotatable bonds is 3. The molecule has 0 saturated carbocycles. The van der Waals surface area contributed by atoms with Gasteiger partial charge in [0.2, 0.25) is 0 Å². The Morgan fingerprint density at radius 1 is 1.33 bits per heavy atom. The predicted molar refractivity (Wildman–Crippen MR) is 72.8 cm³/mol.